The van der Waals surface area contributed by atoms with E-state index in [1.165, 1.54) is 6.07 Å². The molecule has 0 saturated carbocycles. The van der Waals surface area contributed by atoms with Crippen molar-refractivity contribution in [1.29, 1.82) is 0 Å². The summed E-state index contributed by atoms with van der Waals surface area (Å²) >= 11 is 3.37. The van der Waals surface area contributed by atoms with E-state index in [1.54, 1.807) is 23.9 Å². The van der Waals surface area contributed by atoms with Gasteiger partial charge in [0.25, 0.3) is 0 Å². The summed E-state index contributed by atoms with van der Waals surface area (Å²) in [5, 5.41) is 3.57. The number of nitrogens with one attached hydrogen (secondary N) is 1. The van der Waals surface area contributed by atoms with Crippen molar-refractivity contribution in [1.82, 2.24) is 9.88 Å². The number of ether oxygens (including phenoxy) is 1. The van der Waals surface area contributed by atoms with Crippen LogP contribution in [0.1, 0.15) is 18.5 Å². The van der Waals surface area contributed by atoms with Gasteiger partial charge in [0.2, 0.25) is 5.91 Å². The topological polar surface area (TPSA) is 60.3 Å². The number of amides is 1. The van der Waals surface area contributed by atoms with Crippen molar-refractivity contribution in [3.05, 3.63) is 75.0 Å². The minimum absolute atomic E-state index is 0.0652. The van der Waals surface area contributed by atoms with Crippen molar-refractivity contribution in [3.8, 4) is 5.75 Å². The van der Waals surface area contributed by atoms with E-state index in [1.807, 2.05) is 43.3 Å². The van der Waals surface area contributed by atoms with Crippen LogP contribution in [0.4, 0.5) is 0 Å². The molecule has 26 heavy (non-hydrogen) atoms. The third-order valence-corrected chi connectivity index (χ3v) is 4.74. The molecule has 1 heterocycles. The fraction of sp³-hybridized carbons (Fsp3) is 0.200. The van der Waals surface area contributed by atoms with E-state index < -0.39 is 0 Å². The second-order valence-electron chi connectivity index (χ2n) is 6.03. The Bertz CT molecular complexity index is 996. The average molecular weight is 415 g/mol. The Balaban J connectivity index is 1.76. The molecule has 0 fully saturated rings. The Labute approximate surface area is 159 Å². The third kappa shape index (κ3) is 3.96. The number of halogens is 1. The van der Waals surface area contributed by atoms with Gasteiger partial charge in [0, 0.05) is 22.1 Å². The largest absolute Gasteiger partial charge is 0.497 e. The second-order valence-corrected chi connectivity index (χ2v) is 6.95. The van der Waals surface area contributed by atoms with Crippen molar-refractivity contribution in [2.24, 2.45) is 0 Å². The van der Waals surface area contributed by atoms with Crippen molar-refractivity contribution in [3.63, 3.8) is 0 Å². The highest BCUT2D eigenvalue weighted by atomic mass is 79.9. The van der Waals surface area contributed by atoms with Gasteiger partial charge in [-0.15, -0.1) is 0 Å². The SMILES string of the molecule is COc1ccc(C(C)NC(=O)Cn2ccc(=O)c3cc(Br)ccc32)cc1. The molecule has 0 bridgehead atoms. The van der Waals surface area contributed by atoms with Crippen LogP contribution < -0.4 is 15.5 Å². The summed E-state index contributed by atoms with van der Waals surface area (Å²) in [4.78, 5) is 24.5. The minimum Gasteiger partial charge on any atom is -0.497 e. The van der Waals surface area contributed by atoms with Crippen LogP contribution in [0.2, 0.25) is 0 Å². The van der Waals surface area contributed by atoms with Crippen LogP contribution in [0.25, 0.3) is 10.9 Å². The summed E-state index contributed by atoms with van der Waals surface area (Å²) in [7, 11) is 1.62. The number of rotatable bonds is 5. The van der Waals surface area contributed by atoms with Gasteiger partial charge in [-0.05, 0) is 42.8 Å². The molecule has 0 aliphatic rings. The Kier molecular flexibility index (Phi) is 5.42. The first-order chi connectivity index (χ1) is 12.5. The molecule has 1 aromatic heterocycles. The Morgan fingerprint density at radius 3 is 2.62 bits per heavy atom. The zero-order chi connectivity index (χ0) is 18.7. The van der Waals surface area contributed by atoms with E-state index in [0.29, 0.717) is 5.39 Å². The number of methoxy groups -OCH3 is 1. The molecule has 3 aromatic rings. The van der Waals surface area contributed by atoms with E-state index in [0.717, 1.165) is 21.3 Å². The van der Waals surface area contributed by atoms with Crippen molar-refractivity contribution >= 4 is 32.7 Å². The minimum atomic E-state index is -0.131. The Morgan fingerprint density at radius 2 is 1.92 bits per heavy atom. The molecule has 134 valence electrons. The highest BCUT2D eigenvalue weighted by Gasteiger charge is 2.12. The van der Waals surface area contributed by atoms with Crippen LogP contribution >= 0.6 is 15.9 Å². The molecule has 0 aliphatic carbocycles. The van der Waals surface area contributed by atoms with Crippen molar-refractivity contribution in [2.75, 3.05) is 7.11 Å². The lowest BCUT2D eigenvalue weighted by Crippen LogP contribution is -2.30. The molecule has 0 aliphatic heterocycles. The maximum absolute atomic E-state index is 12.5. The van der Waals surface area contributed by atoms with E-state index in [4.69, 9.17) is 4.74 Å². The molecule has 1 unspecified atom stereocenters. The van der Waals surface area contributed by atoms with E-state index in [9.17, 15) is 9.59 Å². The molecule has 0 spiro atoms. The smallest absolute Gasteiger partial charge is 0.240 e. The molecule has 1 N–H and O–H groups in total. The predicted molar refractivity (Wildman–Crippen MR) is 105 cm³/mol. The zero-order valence-electron chi connectivity index (χ0n) is 14.5. The van der Waals surface area contributed by atoms with E-state index >= 15 is 0 Å². The first kappa shape index (κ1) is 18.2. The summed E-state index contributed by atoms with van der Waals surface area (Å²) in [6.07, 6.45) is 1.65. The lowest BCUT2D eigenvalue weighted by molar-refractivity contribution is -0.122. The normalized spacial score (nSPS) is 12.0. The van der Waals surface area contributed by atoms with Gasteiger partial charge in [-0.3, -0.25) is 9.59 Å². The number of carbonyl (C=O) groups excluding carboxylic acids is 1. The molecule has 0 saturated heterocycles. The monoisotopic (exact) mass is 414 g/mol. The first-order valence-electron chi connectivity index (χ1n) is 8.20. The van der Waals surface area contributed by atoms with Crippen molar-refractivity contribution in [2.45, 2.75) is 19.5 Å². The van der Waals surface area contributed by atoms with E-state index in [2.05, 4.69) is 21.2 Å². The van der Waals surface area contributed by atoms with Gasteiger partial charge in [-0.2, -0.15) is 0 Å². The van der Waals surface area contributed by atoms with Crippen LogP contribution in [0.3, 0.4) is 0 Å². The number of carbonyl (C=O) groups is 1. The molecule has 3 rings (SSSR count). The number of hydrogen-bond donors (Lipinski definition) is 1. The standard InChI is InChI=1S/C20H19BrN2O3/c1-13(14-3-6-16(26-2)7-4-14)22-20(25)12-23-10-9-19(24)17-11-15(21)5-8-18(17)23/h3-11,13H,12H2,1-2H3,(H,22,25). The van der Waals surface area contributed by atoms with Gasteiger partial charge in [-0.1, -0.05) is 28.1 Å². The maximum atomic E-state index is 12.5. The second kappa shape index (κ2) is 7.74. The summed E-state index contributed by atoms with van der Waals surface area (Å²) in [6.45, 7) is 2.07. The van der Waals surface area contributed by atoms with Gasteiger partial charge in [-0.25, -0.2) is 0 Å². The lowest BCUT2D eigenvalue weighted by atomic mass is 10.1. The number of nitrogens with zero attached hydrogens (tertiary/aromatic N) is 1. The number of pyridine rings is 1. The van der Waals surface area contributed by atoms with Crippen molar-refractivity contribution < 1.29 is 9.53 Å². The highest BCUT2D eigenvalue weighted by Crippen LogP contribution is 2.18. The molecule has 1 atom stereocenters. The fourth-order valence-corrected chi connectivity index (χ4v) is 3.20. The lowest BCUT2D eigenvalue weighted by Gasteiger charge is -2.16. The number of aromatic nitrogens is 1. The summed E-state index contributed by atoms with van der Waals surface area (Å²) in [6, 6.07) is 14.4. The van der Waals surface area contributed by atoms with Gasteiger partial charge in [0.1, 0.15) is 12.3 Å². The van der Waals surface area contributed by atoms with Crippen LogP contribution in [-0.4, -0.2) is 17.6 Å². The number of hydrogen-bond acceptors (Lipinski definition) is 3. The van der Waals surface area contributed by atoms with E-state index in [-0.39, 0.29) is 23.9 Å². The molecular formula is C20H19BrN2O3. The van der Waals surface area contributed by atoms with Gasteiger partial charge in [0.05, 0.1) is 18.7 Å². The molecule has 5 nitrogen and oxygen atoms in total. The molecule has 6 heteroatoms. The zero-order valence-corrected chi connectivity index (χ0v) is 16.1. The molecular weight excluding hydrogens is 396 g/mol. The van der Waals surface area contributed by atoms with Gasteiger partial charge in [0.15, 0.2) is 5.43 Å². The Hall–Kier alpha value is -2.60. The van der Waals surface area contributed by atoms with Gasteiger partial charge >= 0.3 is 0 Å². The maximum Gasteiger partial charge on any atom is 0.240 e. The highest BCUT2D eigenvalue weighted by molar-refractivity contribution is 9.10. The van der Waals surface area contributed by atoms with Gasteiger partial charge < -0.3 is 14.6 Å². The number of benzene rings is 2. The predicted octanol–water partition coefficient (Wildman–Crippen LogP) is 3.65. The van der Waals surface area contributed by atoms with Crippen LogP contribution in [-0.2, 0) is 11.3 Å². The van der Waals surface area contributed by atoms with Crippen LogP contribution in [0, 0.1) is 0 Å². The van der Waals surface area contributed by atoms with Crippen LogP contribution in [0.5, 0.6) is 5.75 Å². The first-order valence-corrected chi connectivity index (χ1v) is 8.99. The summed E-state index contributed by atoms with van der Waals surface area (Å²) < 4.78 is 7.76. The average Bonchev–Trinajstić information content (AvgIpc) is 2.64. The van der Waals surface area contributed by atoms with Crippen LogP contribution in [0.15, 0.2) is 64.0 Å². The third-order valence-electron chi connectivity index (χ3n) is 4.25. The summed E-state index contributed by atoms with van der Waals surface area (Å²) in [5.41, 5.74) is 1.66. The summed E-state index contributed by atoms with van der Waals surface area (Å²) in [5.74, 6) is 0.652. The molecule has 0 radical (unpaired) electrons. The Morgan fingerprint density at radius 1 is 1.19 bits per heavy atom. The quantitative estimate of drug-likeness (QED) is 0.692. The fourth-order valence-electron chi connectivity index (χ4n) is 2.84. The molecule has 2 aromatic carbocycles. The molecule has 1 amide bonds. The number of fused-ring (bicyclic) bond motifs is 1.